The van der Waals surface area contributed by atoms with Crippen molar-refractivity contribution in [3.05, 3.63) is 17.5 Å². The van der Waals surface area contributed by atoms with Crippen molar-refractivity contribution in [2.45, 2.75) is 23.2 Å². The Bertz CT molecular complexity index is 837. The lowest BCUT2D eigenvalue weighted by Crippen LogP contribution is -2.51. The van der Waals surface area contributed by atoms with E-state index in [9.17, 15) is 26.4 Å². The van der Waals surface area contributed by atoms with Gasteiger partial charge in [0.15, 0.2) is 0 Å². The second-order valence-electron chi connectivity index (χ2n) is 7.25. The number of hydrogen-bond donors (Lipinski definition) is 2. The van der Waals surface area contributed by atoms with E-state index < -0.39 is 22.2 Å². The average molecular weight is 501 g/mol. The molecule has 0 radical (unpaired) electrons. The Morgan fingerprint density at radius 3 is 2.25 bits per heavy atom. The van der Waals surface area contributed by atoms with Gasteiger partial charge < -0.3 is 20.2 Å². The third kappa shape index (κ3) is 7.99. The maximum atomic E-state index is 13.0. The number of nitrogens with one attached hydrogen (secondary N) is 1. The van der Waals surface area contributed by atoms with Crippen molar-refractivity contribution in [1.29, 1.82) is 0 Å². The topological polar surface area (TPSA) is 110 Å². The monoisotopic (exact) mass is 500 g/mol. The number of likely N-dealkylation sites (tertiary alicyclic amines) is 1. The largest absolute Gasteiger partial charge is 0.490 e. The summed E-state index contributed by atoms with van der Waals surface area (Å²) in [6, 6.07) is 3.34. The third-order valence-electron chi connectivity index (χ3n) is 4.98. The molecule has 0 atom stereocenters. The Morgan fingerprint density at radius 2 is 1.75 bits per heavy atom. The molecule has 0 aromatic carbocycles. The molecular formula is C18H27F3N4O5S2. The smallest absolute Gasteiger partial charge is 0.475 e. The molecule has 0 saturated carbocycles. The molecule has 0 bridgehead atoms. The highest BCUT2D eigenvalue weighted by atomic mass is 32.2. The van der Waals surface area contributed by atoms with Crippen LogP contribution in [-0.4, -0.2) is 105 Å². The number of hydrogen-bond acceptors (Lipinski definition) is 7. The maximum Gasteiger partial charge on any atom is 0.490 e. The van der Waals surface area contributed by atoms with Gasteiger partial charge in [0.05, 0.1) is 6.54 Å². The van der Waals surface area contributed by atoms with Crippen molar-refractivity contribution in [3.8, 4) is 0 Å². The second-order valence-corrected chi connectivity index (χ2v) is 10.4. The van der Waals surface area contributed by atoms with Gasteiger partial charge in [-0.25, -0.2) is 13.2 Å². The number of carbonyl (C=O) groups excluding carboxylic acids is 1. The Hall–Kier alpha value is -1.74. The van der Waals surface area contributed by atoms with Gasteiger partial charge in [0.25, 0.3) is 10.0 Å². The molecule has 0 unspecified atom stereocenters. The lowest BCUT2D eigenvalue weighted by Gasteiger charge is -2.30. The van der Waals surface area contributed by atoms with Crippen LogP contribution in [0, 0.1) is 0 Å². The zero-order valence-corrected chi connectivity index (χ0v) is 19.0. The fourth-order valence-electron chi connectivity index (χ4n) is 3.25. The number of carbonyl (C=O) groups is 2. The molecule has 9 nitrogen and oxygen atoms in total. The van der Waals surface area contributed by atoms with Crippen LogP contribution in [0.2, 0.25) is 0 Å². The third-order valence-corrected chi connectivity index (χ3v) is 8.20. The molecule has 1 aromatic heterocycles. The number of sulfonamides is 1. The van der Waals surface area contributed by atoms with Crippen LogP contribution >= 0.6 is 11.3 Å². The quantitative estimate of drug-likeness (QED) is 0.573. The molecule has 2 saturated heterocycles. The molecule has 3 heterocycles. The minimum absolute atomic E-state index is 0.0753. The number of aliphatic carboxylic acids is 1. The summed E-state index contributed by atoms with van der Waals surface area (Å²) in [6.45, 7) is 5.78. The number of nitrogens with zero attached hydrogens (tertiary/aromatic N) is 3. The van der Waals surface area contributed by atoms with Gasteiger partial charge in [-0.2, -0.15) is 17.5 Å². The van der Waals surface area contributed by atoms with Crippen molar-refractivity contribution in [2.24, 2.45) is 0 Å². The zero-order chi connectivity index (χ0) is 23.8. The summed E-state index contributed by atoms with van der Waals surface area (Å²) >= 11 is 1.20. The summed E-state index contributed by atoms with van der Waals surface area (Å²) in [6.07, 6.45) is -2.76. The SMILES string of the molecule is O=C(CN(CCN1CCCC1)S(=O)(=O)c1cccs1)N1CCNCC1.O=C(O)C(F)(F)F. The van der Waals surface area contributed by atoms with Crippen LogP contribution in [0.3, 0.4) is 0 Å². The molecule has 0 aliphatic carbocycles. The Morgan fingerprint density at radius 1 is 1.16 bits per heavy atom. The minimum atomic E-state index is -5.08. The highest BCUT2D eigenvalue weighted by Crippen LogP contribution is 2.21. The van der Waals surface area contributed by atoms with E-state index in [2.05, 4.69) is 10.2 Å². The van der Waals surface area contributed by atoms with Gasteiger partial charge in [0.1, 0.15) is 4.21 Å². The number of carboxylic acids is 1. The van der Waals surface area contributed by atoms with Crippen LogP contribution in [0.5, 0.6) is 0 Å². The molecule has 2 fully saturated rings. The first-order valence-electron chi connectivity index (χ1n) is 10.1. The summed E-state index contributed by atoms with van der Waals surface area (Å²) in [4.78, 5) is 25.5. The zero-order valence-electron chi connectivity index (χ0n) is 17.4. The summed E-state index contributed by atoms with van der Waals surface area (Å²) < 4.78 is 59.3. The molecule has 182 valence electrons. The predicted octanol–water partition coefficient (Wildman–Crippen LogP) is 0.900. The molecule has 0 spiro atoms. The number of rotatable bonds is 7. The normalized spacial score (nSPS) is 17.8. The van der Waals surface area contributed by atoms with Crippen LogP contribution < -0.4 is 5.32 Å². The van der Waals surface area contributed by atoms with E-state index in [1.807, 2.05) is 0 Å². The first-order chi connectivity index (χ1) is 15.0. The van der Waals surface area contributed by atoms with Crippen molar-refractivity contribution in [3.63, 3.8) is 0 Å². The molecule has 2 aliphatic heterocycles. The van der Waals surface area contributed by atoms with Crippen LogP contribution in [-0.2, 0) is 19.6 Å². The molecule has 3 rings (SSSR count). The van der Waals surface area contributed by atoms with Gasteiger partial charge in [-0.1, -0.05) is 6.07 Å². The Kier molecular flexibility index (Phi) is 9.88. The molecule has 14 heteroatoms. The van der Waals surface area contributed by atoms with Crippen LogP contribution in [0.25, 0.3) is 0 Å². The van der Waals surface area contributed by atoms with E-state index in [1.54, 1.807) is 22.4 Å². The molecule has 2 aliphatic rings. The summed E-state index contributed by atoms with van der Waals surface area (Å²) in [7, 11) is -3.62. The first kappa shape index (κ1) is 26.5. The molecule has 1 aromatic rings. The van der Waals surface area contributed by atoms with Crippen LogP contribution in [0.15, 0.2) is 21.7 Å². The number of piperazine rings is 1. The highest BCUT2D eigenvalue weighted by molar-refractivity contribution is 7.91. The number of carboxylic acid groups (broad SMARTS) is 1. The van der Waals surface area contributed by atoms with E-state index in [-0.39, 0.29) is 12.5 Å². The van der Waals surface area contributed by atoms with E-state index in [0.717, 1.165) is 39.0 Å². The number of thiophene rings is 1. The number of alkyl halides is 3. The summed E-state index contributed by atoms with van der Waals surface area (Å²) in [5.74, 6) is -2.87. The standard InChI is InChI=1S/C16H26N4O3S2.C2HF3O2/c21-15(19-9-5-17-6-10-19)14-20(12-11-18-7-1-2-8-18)25(22,23)16-4-3-13-24-16;3-2(4,5)1(6)7/h3-4,13,17H,1-2,5-12,14H2;(H,6,7). The van der Waals surface area contributed by atoms with E-state index in [0.29, 0.717) is 30.4 Å². The van der Waals surface area contributed by atoms with Crippen LogP contribution in [0.4, 0.5) is 13.2 Å². The van der Waals surface area contributed by atoms with Crippen molar-refractivity contribution in [2.75, 3.05) is 58.9 Å². The second kappa shape index (κ2) is 11.9. The fraction of sp³-hybridized carbons (Fsp3) is 0.667. The maximum absolute atomic E-state index is 13.0. The van der Waals surface area contributed by atoms with Gasteiger partial charge in [-0.15, -0.1) is 11.3 Å². The van der Waals surface area contributed by atoms with E-state index in [4.69, 9.17) is 9.90 Å². The Balaban J connectivity index is 0.000000451. The lowest BCUT2D eigenvalue weighted by atomic mass is 10.3. The number of halogens is 3. The van der Waals surface area contributed by atoms with Crippen molar-refractivity contribution in [1.82, 2.24) is 19.4 Å². The number of amides is 1. The van der Waals surface area contributed by atoms with Gasteiger partial charge in [-0.05, 0) is 37.4 Å². The van der Waals surface area contributed by atoms with Gasteiger partial charge in [0, 0.05) is 39.3 Å². The highest BCUT2D eigenvalue weighted by Gasteiger charge is 2.38. The van der Waals surface area contributed by atoms with Gasteiger partial charge in [0.2, 0.25) is 5.91 Å². The predicted molar refractivity (Wildman–Crippen MR) is 112 cm³/mol. The molecule has 2 N–H and O–H groups in total. The first-order valence-corrected chi connectivity index (χ1v) is 12.4. The molecule has 32 heavy (non-hydrogen) atoms. The van der Waals surface area contributed by atoms with Gasteiger partial charge >= 0.3 is 12.1 Å². The minimum Gasteiger partial charge on any atom is -0.475 e. The Labute approximate surface area is 188 Å². The average Bonchev–Trinajstić information content (AvgIpc) is 3.45. The summed E-state index contributed by atoms with van der Waals surface area (Å²) in [5.41, 5.74) is 0. The molecular weight excluding hydrogens is 473 g/mol. The lowest BCUT2D eigenvalue weighted by molar-refractivity contribution is -0.192. The van der Waals surface area contributed by atoms with Crippen LogP contribution in [0.1, 0.15) is 12.8 Å². The summed E-state index contributed by atoms with van der Waals surface area (Å²) in [5, 5.41) is 12.1. The fourth-order valence-corrected chi connectivity index (χ4v) is 5.77. The van der Waals surface area contributed by atoms with Crippen molar-refractivity contribution >= 4 is 33.2 Å². The van der Waals surface area contributed by atoms with E-state index in [1.165, 1.54) is 15.6 Å². The van der Waals surface area contributed by atoms with Crippen molar-refractivity contribution < 1.29 is 36.3 Å². The molecule has 1 amide bonds. The van der Waals surface area contributed by atoms with E-state index >= 15 is 0 Å². The van der Waals surface area contributed by atoms with Gasteiger partial charge in [-0.3, -0.25) is 4.79 Å².